The molecule has 0 atom stereocenters. The number of nitrogens with one attached hydrogen (secondary N) is 2. The van der Waals surface area contributed by atoms with Gasteiger partial charge in [-0.25, -0.2) is 9.48 Å². The Balaban J connectivity index is 1.83. The Morgan fingerprint density at radius 2 is 1.79 bits per heavy atom. The second kappa shape index (κ2) is 13.0. The van der Waals surface area contributed by atoms with E-state index in [0.29, 0.717) is 39.6 Å². The van der Waals surface area contributed by atoms with Gasteiger partial charge < -0.3 is 25.0 Å². The lowest BCUT2D eigenvalue weighted by Crippen LogP contribution is -2.42. The van der Waals surface area contributed by atoms with Gasteiger partial charge in [0.15, 0.2) is 0 Å². The molecule has 0 saturated heterocycles. The third-order valence-corrected chi connectivity index (χ3v) is 6.25. The summed E-state index contributed by atoms with van der Waals surface area (Å²) in [5, 5.41) is 11.2. The van der Waals surface area contributed by atoms with E-state index in [1.54, 1.807) is 47.1 Å². The summed E-state index contributed by atoms with van der Waals surface area (Å²) in [4.78, 5) is 27.7. The minimum Gasteiger partial charge on any atom is -0.492 e. The Morgan fingerprint density at radius 3 is 2.45 bits per heavy atom. The van der Waals surface area contributed by atoms with E-state index >= 15 is 0 Å². The summed E-state index contributed by atoms with van der Waals surface area (Å²) in [5.41, 5.74) is 1.63. The van der Waals surface area contributed by atoms with Crippen LogP contribution in [0.3, 0.4) is 0 Å². The molecule has 2 N–H and O–H groups in total. The van der Waals surface area contributed by atoms with Crippen LogP contribution in [0.2, 0.25) is 10.0 Å². The van der Waals surface area contributed by atoms with E-state index in [4.69, 9.17) is 37.8 Å². The maximum atomic E-state index is 13.2. The Hall–Kier alpha value is -3.27. The van der Waals surface area contributed by atoms with Gasteiger partial charge in [-0.1, -0.05) is 56.1 Å². The predicted octanol–water partition coefficient (Wildman–Crippen LogP) is 5.99. The van der Waals surface area contributed by atoms with Crippen molar-refractivity contribution in [1.29, 1.82) is 0 Å². The zero-order valence-electron chi connectivity index (χ0n) is 22.2. The molecule has 0 radical (unpaired) electrons. The van der Waals surface area contributed by atoms with Crippen molar-refractivity contribution in [3.8, 4) is 11.4 Å². The number of ether oxygens (including phenoxy) is 2. The van der Waals surface area contributed by atoms with E-state index in [1.807, 2.05) is 33.8 Å². The fraction of sp³-hybridized carbons (Fsp3) is 0.370. The first-order valence-electron chi connectivity index (χ1n) is 12.2. The van der Waals surface area contributed by atoms with Crippen LogP contribution >= 0.6 is 23.2 Å². The first kappa shape index (κ1) is 29.3. The Bertz CT molecular complexity index is 1270. The number of benzene rings is 2. The number of anilines is 2. The summed E-state index contributed by atoms with van der Waals surface area (Å²) in [7, 11) is 1.53. The fourth-order valence-corrected chi connectivity index (χ4v) is 3.80. The standard InChI is InChI=1S/C27H33Cl2N5O4/c1-6-38-22-10-8-7-9-21(22)30-26(36)33(13-14-37-5)17-25(35)31-24-16-23(27(2,3)4)32-34(24)18-11-12-19(28)20(29)15-18/h7-12,15-16H,6,13-14,17H2,1-5H3,(H,30,36)(H,31,35). The van der Waals surface area contributed by atoms with Crippen molar-refractivity contribution in [1.82, 2.24) is 14.7 Å². The summed E-state index contributed by atoms with van der Waals surface area (Å²) in [6.45, 7) is 8.62. The lowest BCUT2D eigenvalue weighted by molar-refractivity contribution is -0.116. The lowest BCUT2D eigenvalue weighted by Gasteiger charge is -2.23. The zero-order chi connectivity index (χ0) is 27.9. The molecule has 1 heterocycles. The number of para-hydroxylation sites is 2. The second-order valence-corrected chi connectivity index (χ2v) is 10.3. The van der Waals surface area contributed by atoms with E-state index in [1.165, 1.54) is 12.0 Å². The van der Waals surface area contributed by atoms with E-state index in [2.05, 4.69) is 10.6 Å². The molecule has 3 rings (SSSR count). The van der Waals surface area contributed by atoms with E-state index in [-0.39, 0.29) is 25.1 Å². The van der Waals surface area contributed by atoms with Gasteiger partial charge in [0.05, 0.1) is 40.3 Å². The highest BCUT2D eigenvalue weighted by molar-refractivity contribution is 6.42. The van der Waals surface area contributed by atoms with Gasteiger partial charge in [0, 0.05) is 25.1 Å². The van der Waals surface area contributed by atoms with Gasteiger partial charge in [-0.2, -0.15) is 5.10 Å². The molecule has 0 saturated carbocycles. The number of hydrogen-bond donors (Lipinski definition) is 2. The van der Waals surface area contributed by atoms with Gasteiger partial charge in [0.2, 0.25) is 5.91 Å². The number of hydrogen-bond acceptors (Lipinski definition) is 5. The predicted molar refractivity (Wildman–Crippen MR) is 151 cm³/mol. The average molecular weight is 562 g/mol. The summed E-state index contributed by atoms with van der Waals surface area (Å²) < 4.78 is 12.3. The van der Waals surface area contributed by atoms with Gasteiger partial charge in [-0.3, -0.25) is 4.79 Å². The molecule has 2 aromatic carbocycles. The SMILES string of the molecule is CCOc1ccccc1NC(=O)N(CCOC)CC(=O)Nc1cc(C(C)(C)C)nn1-c1ccc(Cl)c(Cl)c1. The molecule has 0 spiro atoms. The van der Waals surface area contributed by atoms with Crippen LogP contribution in [0.1, 0.15) is 33.4 Å². The largest absolute Gasteiger partial charge is 0.492 e. The number of carbonyl (C=O) groups is 2. The van der Waals surface area contributed by atoms with Gasteiger partial charge in [0.1, 0.15) is 18.1 Å². The molecule has 0 aliphatic heterocycles. The molecule has 38 heavy (non-hydrogen) atoms. The quantitative estimate of drug-likeness (QED) is 0.316. The smallest absolute Gasteiger partial charge is 0.322 e. The first-order valence-corrected chi connectivity index (χ1v) is 12.9. The molecule has 0 aliphatic rings. The first-order chi connectivity index (χ1) is 18.0. The molecule has 0 unspecified atom stereocenters. The Labute approximate surface area is 233 Å². The van der Waals surface area contributed by atoms with E-state index in [0.717, 1.165) is 5.69 Å². The van der Waals surface area contributed by atoms with Crippen molar-refractivity contribution < 1.29 is 19.1 Å². The molecule has 11 heteroatoms. The monoisotopic (exact) mass is 561 g/mol. The maximum absolute atomic E-state index is 13.2. The van der Waals surface area contributed by atoms with Crippen molar-refractivity contribution in [2.75, 3.05) is 44.0 Å². The number of rotatable bonds is 10. The highest BCUT2D eigenvalue weighted by atomic mass is 35.5. The number of halogens is 2. The molecule has 0 bridgehead atoms. The van der Waals surface area contributed by atoms with Crippen molar-refractivity contribution in [2.45, 2.75) is 33.1 Å². The number of urea groups is 1. The third kappa shape index (κ3) is 7.63. The highest BCUT2D eigenvalue weighted by Crippen LogP contribution is 2.29. The van der Waals surface area contributed by atoms with Crippen molar-refractivity contribution in [2.24, 2.45) is 0 Å². The van der Waals surface area contributed by atoms with Crippen LogP contribution in [0.25, 0.3) is 5.69 Å². The maximum Gasteiger partial charge on any atom is 0.322 e. The molecule has 3 amide bonds. The molecular formula is C27H33Cl2N5O4. The number of aromatic nitrogens is 2. The molecule has 3 aromatic rings. The van der Waals surface area contributed by atoms with Gasteiger partial charge in [0.25, 0.3) is 0 Å². The highest BCUT2D eigenvalue weighted by Gasteiger charge is 2.24. The topological polar surface area (TPSA) is 97.7 Å². The minimum absolute atomic E-state index is 0.200. The summed E-state index contributed by atoms with van der Waals surface area (Å²) in [5.74, 6) is 0.572. The second-order valence-electron chi connectivity index (χ2n) is 9.50. The molecule has 1 aromatic heterocycles. The van der Waals surface area contributed by atoms with Crippen molar-refractivity contribution in [3.63, 3.8) is 0 Å². The molecule has 204 valence electrons. The number of methoxy groups -OCH3 is 1. The third-order valence-electron chi connectivity index (χ3n) is 5.51. The van der Waals surface area contributed by atoms with E-state index in [9.17, 15) is 9.59 Å². The average Bonchev–Trinajstić information content (AvgIpc) is 3.29. The van der Waals surface area contributed by atoms with Crippen LogP contribution in [-0.2, 0) is 14.9 Å². The van der Waals surface area contributed by atoms with Crippen LogP contribution in [0.15, 0.2) is 48.5 Å². The van der Waals surface area contributed by atoms with E-state index < -0.39 is 11.9 Å². The Kier molecular flexibility index (Phi) is 10.0. The summed E-state index contributed by atoms with van der Waals surface area (Å²) in [6, 6.07) is 13.6. The van der Waals surface area contributed by atoms with Crippen molar-refractivity contribution >= 4 is 46.6 Å². The van der Waals surface area contributed by atoms with Crippen molar-refractivity contribution in [3.05, 3.63) is 64.3 Å². The molecular weight excluding hydrogens is 529 g/mol. The van der Waals surface area contributed by atoms with Crippen LogP contribution in [-0.4, -0.2) is 60.0 Å². The van der Waals surface area contributed by atoms with Crippen LogP contribution < -0.4 is 15.4 Å². The van der Waals surface area contributed by atoms with Gasteiger partial charge in [-0.05, 0) is 37.3 Å². The zero-order valence-corrected chi connectivity index (χ0v) is 23.7. The molecule has 0 fully saturated rings. The number of nitrogens with zero attached hydrogens (tertiary/aromatic N) is 3. The molecule has 0 aliphatic carbocycles. The summed E-state index contributed by atoms with van der Waals surface area (Å²) in [6.07, 6.45) is 0. The van der Waals surface area contributed by atoms with Crippen LogP contribution in [0.4, 0.5) is 16.3 Å². The lowest BCUT2D eigenvalue weighted by atomic mass is 9.92. The Morgan fingerprint density at radius 1 is 1.05 bits per heavy atom. The van der Waals surface area contributed by atoms with Crippen LogP contribution in [0.5, 0.6) is 5.75 Å². The van der Waals surface area contributed by atoms with Gasteiger partial charge >= 0.3 is 6.03 Å². The minimum atomic E-state index is -0.460. The number of amides is 3. The number of carbonyl (C=O) groups excluding carboxylic acids is 2. The normalized spacial score (nSPS) is 11.2. The fourth-order valence-electron chi connectivity index (χ4n) is 3.51. The summed E-state index contributed by atoms with van der Waals surface area (Å²) >= 11 is 12.3. The van der Waals surface area contributed by atoms with Gasteiger partial charge in [-0.15, -0.1) is 0 Å². The molecule has 9 nitrogen and oxygen atoms in total. The van der Waals surface area contributed by atoms with Crippen LogP contribution in [0, 0.1) is 0 Å².